The number of hydrogen-bond acceptors (Lipinski definition) is 2. The van der Waals surface area contributed by atoms with Crippen molar-refractivity contribution in [1.82, 2.24) is 5.32 Å². The Labute approximate surface area is 104 Å². The zero-order chi connectivity index (χ0) is 12.3. The molecular formula is C13H13ClFNO. The number of rotatable bonds is 4. The van der Waals surface area contributed by atoms with E-state index in [1.54, 1.807) is 24.7 Å². The van der Waals surface area contributed by atoms with Gasteiger partial charge >= 0.3 is 0 Å². The summed E-state index contributed by atoms with van der Waals surface area (Å²) in [6, 6.07) is 6.31. The van der Waals surface area contributed by atoms with Gasteiger partial charge in [0.15, 0.2) is 0 Å². The van der Waals surface area contributed by atoms with E-state index in [9.17, 15) is 4.39 Å². The molecule has 0 fully saturated rings. The molecule has 4 heteroatoms. The van der Waals surface area contributed by atoms with Crippen molar-refractivity contribution >= 4 is 11.6 Å². The van der Waals surface area contributed by atoms with Crippen molar-refractivity contribution in [1.29, 1.82) is 0 Å². The van der Waals surface area contributed by atoms with Crippen LogP contribution in [0, 0.1) is 5.82 Å². The van der Waals surface area contributed by atoms with Gasteiger partial charge in [-0.3, -0.25) is 0 Å². The van der Waals surface area contributed by atoms with Crippen LogP contribution in [-0.4, -0.2) is 6.54 Å². The molecule has 2 rings (SSSR count). The first-order valence-electron chi connectivity index (χ1n) is 5.42. The topological polar surface area (TPSA) is 25.2 Å². The van der Waals surface area contributed by atoms with Gasteiger partial charge < -0.3 is 9.73 Å². The standard InChI is InChI=1S/C13H13ClFNO/c1-2-16-13(9-5-6-17-8-9)11-4-3-10(14)7-12(11)15/h3-8,13,16H,2H2,1H3. The highest BCUT2D eigenvalue weighted by atomic mass is 35.5. The van der Waals surface area contributed by atoms with E-state index in [4.69, 9.17) is 16.0 Å². The molecule has 0 radical (unpaired) electrons. The van der Waals surface area contributed by atoms with Crippen LogP contribution in [0.3, 0.4) is 0 Å². The van der Waals surface area contributed by atoms with Gasteiger partial charge in [-0.25, -0.2) is 4.39 Å². The van der Waals surface area contributed by atoms with E-state index in [0.717, 1.165) is 12.1 Å². The maximum atomic E-state index is 13.9. The van der Waals surface area contributed by atoms with E-state index < -0.39 is 0 Å². The molecule has 1 aromatic heterocycles. The lowest BCUT2D eigenvalue weighted by Crippen LogP contribution is -2.22. The number of benzene rings is 1. The Morgan fingerprint density at radius 1 is 1.41 bits per heavy atom. The molecule has 1 atom stereocenters. The smallest absolute Gasteiger partial charge is 0.129 e. The summed E-state index contributed by atoms with van der Waals surface area (Å²) in [6.45, 7) is 2.71. The summed E-state index contributed by atoms with van der Waals surface area (Å²) in [5.74, 6) is -0.315. The molecule has 2 nitrogen and oxygen atoms in total. The molecule has 17 heavy (non-hydrogen) atoms. The molecule has 2 aromatic rings. The van der Waals surface area contributed by atoms with Crippen molar-refractivity contribution in [3.63, 3.8) is 0 Å². The zero-order valence-electron chi connectivity index (χ0n) is 9.41. The maximum absolute atomic E-state index is 13.9. The average Bonchev–Trinajstić information content (AvgIpc) is 2.80. The molecule has 0 saturated carbocycles. The molecule has 1 N–H and O–H groups in total. The normalized spacial score (nSPS) is 12.6. The van der Waals surface area contributed by atoms with Gasteiger partial charge in [0.2, 0.25) is 0 Å². The molecule has 90 valence electrons. The van der Waals surface area contributed by atoms with Gasteiger partial charge in [0.05, 0.1) is 18.6 Å². The fraction of sp³-hybridized carbons (Fsp3) is 0.231. The van der Waals surface area contributed by atoms with Gasteiger partial charge in [0.1, 0.15) is 5.82 Å². The first kappa shape index (κ1) is 12.1. The summed E-state index contributed by atoms with van der Waals surface area (Å²) < 4.78 is 18.9. The molecule has 0 amide bonds. The van der Waals surface area contributed by atoms with Crippen LogP contribution >= 0.6 is 11.6 Å². The minimum atomic E-state index is -0.315. The van der Waals surface area contributed by atoms with Gasteiger partial charge in [0, 0.05) is 16.1 Å². The SMILES string of the molecule is CCNC(c1ccoc1)c1ccc(Cl)cc1F. The molecular weight excluding hydrogens is 241 g/mol. The van der Waals surface area contributed by atoms with Crippen molar-refractivity contribution in [3.05, 3.63) is 58.8 Å². The Balaban J connectivity index is 2.39. The Kier molecular flexibility index (Phi) is 3.82. The number of halogens is 2. The highest BCUT2D eigenvalue weighted by molar-refractivity contribution is 6.30. The lowest BCUT2D eigenvalue weighted by Gasteiger charge is -2.17. The second-order valence-corrected chi connectivity index (χ2v) is 4.15. The summed E-state index contributed by atoms with van der Waals surface area (Å²) in [5, 5.41) is 3.62. The third-order valence-electron chi connectivity index (χ3n) is 2.56. The third-order valence-corrected chi connectivity index (χ3v) is 2.79. The van der Waals surface area contributed by atoms with Gasteiger partial charge in [-0.15, -0.1) is 0 Å². The summed E-state index contributed by atoms with van der Waals surface area (Å²) >= 11 is 5.74. The Morgan fingerprint density at radius 2 is 2.24 bits per heavy atom. The maximum Gasteiger partial charge on any atom is 0.129 e. The van der Waals surface area contributed by atoms with Gasteiger partial charge in [-0.1, -0.05) is 24.6 Å². The summed E-state index contributed by atoms with van der Waals surface area (Å²) in [6.07, 6.45) is 3.19. The summed E-state index contributed by atoms with van der Waals surface area (Å²) in [5.41, 5.74) is 1.46. The second kappa shape index (κ2) is 5.34. The van der Waals surface area contributed by atoms with Crippen LogP contribution < -0.4 is 5.32 Å². The average molecular weight is 254 g/mol. The molecule has 0 bridgehead atoms. The van der Waals surface area contributed by atoms with Crippen LogP contribution in [0.15, 0.2) is 41.2 Å². The van der Waals surface area contributed by atoms with E-state index in [2.05, 4.69) is 5.32 Å². The minimum absolute atomic E-state index is 0.212. The minimum Gasteiger partial charge on any atom is -0.472 e. The van der Waals surface area contributed by atoms with Gasteiger partial charge in [-0.05, 0) is 24.7 Å². The van der Waals surface area contributed by atoms with Crippen LogP contribution in [0.2, 0.25) is 5.02 Å². The Bertz CT molecular complexity index is 484. The van der Waals surface area contributed by atoms with E-state index in [0.29, 0.717) is 10.6 Å². The molecule has 0 aliphatic carbocycles. The predicted molar refractivity (Wildman–Crippen MR) is 65.6 cm³/mol. The highest BCUT2D eigenvalue weighted by Crippen LogP contribution is 2.26. The van der Waals surface area contributed by atoms with Crippen molar-refractivity contribution in [2.24, 2.45) is 0 Å². The molecule has 0 aliphatic rings. The number of nitrogens with one attached hydrogen (secondary N) is 1. The zero-order valence-corrected chi connectivity index (χ0v) is 10.2. The lowest BCUT2D eigenvalue weighted by molar-refractivity contribution is 0.538. The molecule has 1 aromatic carbocycles. The van der Waals surface area contributed by atoms with E-state index >= 15 is 0 Å². The molecule has 1 heterocycles. The molecule has 1 unspecified atom stereocenters. The van der Waals surface area contributed by atoms with Crippen LogP contribution in [0.25, 0.3) is 0 Å². The monoisotopic (exact) mass is 253 g/mol. The summed E-state index contributed by atoms with van der Waals surface area (Å²) in [4.78, 5) is 0. The van der Waals surface area contributed by atoms with Crippen molar-refractivity contribution < 1.29 is 8.81 Å². The Morgan fingerprint density at radius 3 is 2.82 bits per heavy atom. The Hall–Kier alpha value is -1.32. The first-order chi connectivity index (χ1) is 8.22. The fourth-order valence-electron chi connectivity index (χ4n) is 1.79. The van der Waals surface area contributed by atoms with Crippen LogP contribution in [0.4, 0.5) is 4.39 Å². The molecule has 0 aliphatic heterocycles. The molecule has 0 spiro atoms. The van der Waals surface area contributed by atoms with Crippen LogP contribution in [0.1, 0.15) is 24.1 Å². The largest absolute Gasteiger partial charge is 0.472 e. The number of furan rings is 1. The van der Waals surface area contributed by atoms with Gasteiger partial charge in [-0.2, -0.15) is 0 Å². The van der Waals surface area contributed by atoms with Crippen molar-refractivity contribution in [2.75, 3.05) is 6.54 Å². The van der Waals surface area contributed by atoms with E-state index in [1.165, 1.54) is 6.07 Å². The lowest BCUT2D eigenvalue weighted by atomic mass is 10.0. The van der Waals surface area contributed by atoms with E-state index in [-0.39, 0.29) is 11.9 Å². The summed E-state index contributed by atoms with van der Waals surface area (Å²) in [7, 11) is 0. The van der Waals surface area contributed by atoms with E-state index in [1.807, 2.05) is 13.0 Å². The highest BCUT2D eigenvalue weighted by Gasteiger charge is 2.17. The molecule has 0 saturated heterocycles. The predicted octanol–water partition coefficient (Wildman–Crippen LogP) is 3.77. The van der Waals surface area contributed by atoms with Gasteiger partial charge in [0.25, 0.3) is 0 Å². The quantitative estimate of drug-likeness (QED) is 0.897. The third kappa shape index (κ3) is 2.68. The van der Waals surface area contributed by atoms with Crippen molar-refractivity contribution in [2.45, 2.75) is 13.0 Å². The fourth-order valence-corrected chi connectivity index (χ4v) is 1.95. The van der Waals surface area contributed by atoms with Crippen LogP contribution in [0.5, 0.6) is 0 Å². The van der Waals surface area contributed by atoms with Crippen molar-refractivity contribution in [3.8, 4) is 0 Å². The second-order valence-electron chi connectivity index (χ2n) is 3.71. The first-order valence-corrected chi connectivity index (χ1v) is 5.80. The number of hydrogen-bond donors (Lipinski definition) is 1. The van der Waals surface area contributed by atoms with Crippen LogP contribution in [-0.2, 0) is 0 Å².